The Kier molecular flexibility index (Phi) is 6.28. The molecule has 1 saturated heterocycles. The molecule has 4 atom stereocenters. The lowest BCUT2D eigenvalue weighted by Crippen LogP contribution is -2.47. The molecule has 2 aliphatic rings. The lowest BCUT2D eigenvalue weighted by molar-refractivity contribution is -0.154. The molecule has 0 bridgehead atoms. The van der Waals surface area contributed by atoms with Gasteiger partial charge in [0.25, 0.3) is 0 Å². The zero-order valence-corrected chi connectivity index (χ0v) is 16.7. The van der Waals surface area contributed by atoms with Gasteiger partial charge in [0.2, 0.25) is 5.91 Å². The van der Waals surface area contributed by atoms with E-state index in [1.54, 1.807) is 11.8 Å². The predicted octanol–water partition coefficient (Wildman–Crippen LogP) is 4.06. The van der Waals surface area contributed by atoms with Crippen molar-refractivity contribution in [2.45, 2.75) is 57.4 Å². The smallest absolute Gasteiger partial charge is 0.329 e. The van der Waals surface area contributed by atoms with E-state index >= 15 is 0 Å². The standard InChI is InChI=1S/C21H29NO3S/c1-4-10-25-21(24)18-13-26-19(11-14(2)3)22(18)20(23)17-12-16(17)15-8-6-5-7-9-15/h5-9,14,16-19H,4,10-13H2,1-3H3/t16-,17+,18+,19+/m0/s1. The summed E-state index contributed by atoms with van der Waals surface area (Å²) >= 11 is 1.72. The molecule has 3 rings (SSSR count). The Morgan fingerprint density at radius 2 is 2.00 bits per heavy atom. The van der Waals surface area contributed by atoms with Gasteiger partial charge in [-0.3, -0.25) is 4.79 Å². The molecule has 1 aromatic rings. The Labute approximate surface area is 160 Å². The third-order valence-corrected chi connectivity index (χ3v) is 6.39. The van der Waals surface area contributed by atoms with Crippen LogP contribution in [-0.4, -0.2) is 40.6 Å². The molecule has 1 aliphatic carbocycles. The van der Waals surface area contributed by atoms with Gasteiger partial charge in [-0.05, 0) is 36.7 Å². The number of thioether (sulfide) groups is 1. The Morgan fingerprint density at radius 3 is 2.65 bits per heavy atom. The lowest BCUT2D eigenvalue weighted by Gasteiger charge is -2.29. The Balaban J connectivity index is 1.73. The van der Waals surface area contributed by atoms with E-state index in [-0.39, 0.29) is 23.2 Å². The molecule has 1 heterocycles. The number of amides is 1. The largest absolute Gasteiger partial charge is 0.464 e. The third kappa shape index (κ3) is 4.25. The van der Waals surface area contributed by atoms with Crippen LogP contribution in [0.15, 0.2) is 30.3 Å². The maximum atomic E-state index is 13.3. The fourth-order valence-electron chi connectivity index (χ4n) is 3.65. The number of carbonyl (C=O) groups is 2. The first kappa shape index (κ1) is 19.3. The minimum Gasteiger partial charge on any atom is -0.464 e. The molecule has 5 heteroatoms. The van der Waals surface area contributed by atoms with Crippen molar-refractivity contribution in [2.24, 2.45) is 11.8 Å². The van der Waals surface area contributed by atoms with Crippen LogP contribution in [0.3, 0.4) is 0 Å². The number of hydrogen-bond donors (Lipinski definition) is 0. The third-order valence-electron chi connectivity index (χ3n) is 5.08. The Bertz CT molecular complexity index is 633. The van der Waals surface area contributed by atoms with Gasteiger partial charge in [0, 0.05) is 11.7 Å². The van der Waals surface area contributed by atoms with Gasteiger partial charge in [0.1, 0.15) is 6.04 Å². The average Bonchev–Trinajstić information content (AvgIpc) is 3.33. The van der Waals surface area contributed by atoms with Crippen LogP contribution in [0.4, 0.5) is 0 Å². The molecule has 0 N–H and O–H groups in total. The summed E-state index contributed by atoms with van der Waals surface area (Å²) in [5.41, 5.74) is 1.23. The highest BCUT2D eigenvalue weighted by Crippen LogP contribution is 2.50. The molecule has 1 aromatic carbocycles. The zero-order chi connectivity index (χ0) is 18.7. The lowest BCUT2D eigenvalue weighted by atomic mass is 10.1. The first-order chi connectivity index (χ1) is 12.5. The summed E-state index contributed by atoms with van der Waals surface area (Å²) in [7, 11) is 0. The summed E-state index contributed by atoms with van der Waals surface area (Å²) < 4.78 is 5.37. The molecule has 0 unspecified atom stereocenters. The number of hydrogen-bond acceptors (Lipinski definition) is 4. The van der Waals surface area contributed by atoms with E-state index in [0.717, 1.165) is 19.3 Å². The number of carbonyl (C=O) groups excluding carboxylic acids is 2. The van der Waals surface area contributed by atoms with E-state index in [9.17, 15) is 9.59 Å². The maximum absolute atomic E-state index is 13.3. The molecule has 1 saturated carbocycles. The second-order valence-electron chi connectivity index (χ2n) is 7.71. The minimum atomic E-state index is -0.431. The molecule has 0 aromatic heterocycles. The van der Waals surface area contributed by atoms with Crippen LogP contribution in [0, 0.1) is 11.8 Å². The first-order valence-electron chi connectivity index (χ1n) is 9.68. The van der Waals surface area contributed by atoms with Gasteiger partial charge < -0.3 is 9.64 Å². The van der Waals surface area contributed by atoms with Gasteiger partial charge in [0.15, 0.2) is 0 Å². The van der Waals surface area contributed by atoms with Crippen LogP contribution in [-0.2, 0) is 14.3 Å². The summed E-state index contributed by atoms with van der Waals surface area (Å²) in [6.07, 6.45) is 2.60. The van der Waals surface area contributed by atoms with Crippen LogP contribution in [0.25, 0.3) is 0 Å². The second kappa shape index (κ2) is 8.47. The molecule has 0 spiro atoms. The van der Waals surface area contributed by atoms with Crippen molar-refractivity contribution in [3.8, 4) is 0 Å². The summed E-state index contributed by atoms with van der Waals surface area (Å²) in [6.45, 7) is 6.73. The molecular weight excluding hydrogens is 346 g/mol. The van der Waals surface area contributed by atoms with Crippen LogP contribution in [0.5, 0.6) is 0 Å². The van der Waals surface area contributed by atoms with E-state index in [1.165, 1.54) is 5.56 Å². The SMILES string of the molecule is CCCOC(=O)[C@H]1CS[C@H](CC(C)C)N1C(=O)[C@@H]1C[C@H]1c1ccccc1. The van der Waals surface area contributed by atoms with Gasteiger partial charge in [-0.1, -0.05) is 51.1 Å². The Hall–Kier alpha value is -1.49. The van der Waals surface area contributed by atoms with E-state index in [0.29, 0.717) is 24.2 Å². The van der Waals surface area contributed by atoms with Crippen LogP contribution in [0.1, 0.15) is 51.5 Å². The number of rotatable bonds is 7. The molecule has 2 fully saturated rings. The number of esters is 1. The van der Waals surface area contributed by atoms with Crippen molar-refractivity contribution >= 4 is 23.6 Å². The van der Waals surface area contributed by atoms with Crippen molar-refractivity contribution in [3.05, 3.63) is 35.9 Å². The van der Waals surface area contributed by atoms with E-state index in [4.69, 9.17) is 4.74 Å². The summed E-state index contributed by atoms with van der Waals surface area (Å²) in [5.74, 6) is 1.32. The molecule has 142 valence electrons. The molecular formula is C21H29NO3S. The van der Waals surface area contributed by atoms with E-state index in [2.05, 4.69) is 26.0 Å². The van der Waals surface area contributed by atoms with Crippen LogP contribution < -0.4 is 0 Å². The summed E-state index contributed by atoms with van der Waals surface area (Å²) in [6, 6.07) is 9.80. The monoisotopic (exact) mass is 375 g/mol. The van der Waals surface area contributed by atoms with Crippen molar-refractivity contribution in [3.63, 3.8) is 0 Å². The molecule has 26 heavy (non-hydrogen) atoms. The molecule has 4 nitrogen and oxygen atoms in total. The Morgan fingerprint density at radius 1 is 1.27 bits per heavy atom. The maximum Gasteiger partial charge on any atom is 0.329 e. The summed E-state index contributed by atoms with van der Waals surface area (Å²) in [5, 5.41) is 0.0821. The zero-order valence-electron chi connectivity index (χ0n) is 15.9. The highest BCUT2D eigenvalue weighted by atomic mass is 32.2. The van der Waals surface area contributed by atoms with Gasteiger partial charge in [-0.25, -0.2) is 4.79 Å². The summed E-state index contributed by atoms with van der Waals surface area (Å²) in [4.78, 5) is 27.6. The average molecular weight is 376 g/mol. The van der Waals surface area contributed by atoms with Crippen LogP contribution in [0.2, 0.25) is 0 Å². The fraction of sp³-hybridized carbons (Fsp3) is 0.619. The normalized spacial score (nSPS) is 27.6. The van der Waals surface area contributed by atoms with Crippen LogP contribution >= 0.6 is 11.8 Å². The number of benzene rings is 1. The highest BCUT2D eigenvalue weighted by molar-refractivity contribution is 8.00. The van der Waals surface area contributed by atoms with Gasteiger partial charge in [-0.2, -0.15) is 0 Å². The topological polar surface area (TPSA) is 46.6 Å². The quantitative estimate of drug-likeness (QED) is 0.674. The van der Waals surface area contributed by atoms with E-state index in [1.807, 2.05) is 30.0 Å². The van der Waals surface area contributed by atoms with E-state index < -0.39 is 6.04 Å². The predicted molar refractivity (Wildman–Crippen MR) is 105 cm³/mol. The van der Waals surface area contributed by atoms with Crippen molar-refractivity contribution in [1.82, 2.24) is 4.90 Å². The highest BCUT2D eigenvalue weighted by Gasteiger charge is 2.51. The molecule has 0 radical (unpaired) electrons. The molecule has 1 amide bonds. The minimum absolute atomic E-state index is 0.00670. The fourth-order valence-corrected chi connectivity index (χ4v) is 5.29. The number of nitrogens with zero attached hydrogens (tertiary/aromatic N) is 1. The van der Waals surface area contributed by atoms with Gasteiger partial charge in [0.05, 0.1) is 12.0 Å². The first-order valence-corrected chi connectivity index (χ1v) is 10.7. The van der Waals surface area contributed by atoms with Crippen molar-refractivity contribution < 1.29 is 14.3 Å². The van der Waals surface area contributed by atoms with Gasteiger partial charge in [-0.15, -0.1) is 11.8 Å². The van der Waals surface area contributed by atoms with Gasteiger partial charge >= 0.3 is 5.97 Å². The van der Waals surface area contributed by atoms with Crippen molar-refractivity contribution in [2.75, 3.05) is 12.4 Å². The van der Waals surface area contributed by atoms with Crippen molar-refractivity contribution in [1.29, 1.82) is 0 Å². The molecule has 1 aliphatic heterocycles. The number of ether oxygens (including phenoxy) is 1. The second-order valence-corrected chi connectivity index (χ2v) is 8.92.